The highest BCUT2D eigenvalue weighted by atomic mass is 16.2. The zero-order valence-electron chi connectivity index (χ0n) is 10.9. The quantitative estimate of drug-likeness (QED) is 0.571. The number of benzene rings is 2. The summed E-state index contributed by atoms with van der Waals surface area (Å²) in [5, 5.41) is 5.04. The first-order valence-electron chi connectivity index (χ1n) is 6.44. The fraction of sp³-hybridized carbons (Fsp3) is 0. The SMILES string of the molecule is O=c1[nH]c2ccccc2c2nn(-c3ccccc3)c(=O)n12. The fourth-order valence-corrected chi connectivity index (χ4v) is 2.42. The van der Waals surface area contributed by atoms with Gasteiger partial charge in [0.25, 0.3) is 0 Å². The molecule has 0 unspecified atom stereocenters. The van der Waals surface area contributed by atoms with E-state index in [0.29, 0.717) is 16.9 Å². The van der Waals surface area contributed by atoms with Crippen LogP contribution in [0.25, 0.3) is 22.2 Å². The van der Waals surface area contributed by atoms with Crippen LogP contribution in [0, 0.1) is 0 Å². The van der Waals surface area contributed by atoms with E-state index >= 15 is 0 Å². The number of aromatic amines is 1. The van der Waals surface area contributed by atoms with Crippen molar-refractivity contribution in [2.24, 2.45) is 0 Å². The standard InChI is InChI=1S/C15H10N4O2/c20-14-16-12-9-5-4-8-11(12)13-17-19(15(21)18(13)14)10-6-2-1-3-7-10/h1-9H,(H,16,20). The Morgan fingerprint density at radius 2 is 1.62 bits per heavy atom. The smallest absolute Gasteiger partial charge is 0.306 e. The third kappa shape index (κ3) is 1.62. The van der Waals surface area contributed by atoms with Gasteiger partial charge in [0.2, 0.25) is 0 Å². The largest absolute Gasteiger partial charge is 0.359 e. The van der Waals surface area contributed by atoms with Crippen LogP contribution in [0.1, 0.15) is 0 Å². The second-order valence-corrected chi connectivity index (χ2v) is 4.66. The van der Waals surface area contributed by atoms with Gasteiger partial charge in [-0.3, -0.25) is 0 Å². The molecule has 2 heterocycles. The highest BCUT2D eigenvalue weighted by molar-refractivity contribution is 5.90. The lowest BCUT2D eigenvalue weighted by Gasteiger charge is -1.97. The van der Waals surface area contributed by atoms with Gasteiger partial charge in [-0.25, -0.2) is 9.59 Å². The summed E-state index contributed by atoms with van der Waals surface area (Å²) >= 11 is 0. The molecular formula is C15H10N4O2. The van der Waals surface area contributed by atoms with Crippen molar-refractivity contribution in [3.63, 3.8) is 0 Å². The van der Waals surface area contributed by atoms with E-state index in [2.05, 4.69) is 10.1 Å². The Labute approximate surface area is 117 Å². The van der Waals surface area contributed by atoms with E-state index in [1.54, 1.807) is 18.2 Å². The lowest BCUT2D eigenvalue weighted by Crippen LogP contribution is -2.29. The fourth-order valence-electron chi connectivity index (χ4n) is 2.42. The van der Waals surface area contributed by atoms with Crippen LogP contribution >= 0.6 is 0 Å². The molecule has 0 saturated heterocycles. The highest BCUT2D eigenvalue weighted by Crippen LogP contribution is 2.13. The van der Waals surface area contributed by atoms with Gasteiger partial charge >= 0.3 is 11.4 Å². The van der Waals surface area contributed by atoms with Crippen molar-refractivity contribution >= 4 is 16.6 Å². The number of hydrogen-bond acceptors (Lipinski definition) is 3. The van der Waals surface area contributed by atoms with Crippen LogP contribution in [0.4, 0.5) is 0 Å². The molecule has 21 heavy (non-hydrogen) atoms. The third-order valence-electron chi connectivity index (χ3n) is 3.39. The predicted molar refractivity (Wildman–Crippen MR) is 78.9 cm³/mol. The van der Waals surface area contributed by atoms with Crippen molar-refractivity contribution < 1.29 is 0 Å². The number of para-hydroxylation sites is 2. The van der Waals surface area contributed by atoms with Crippen LogP contribution < -0.4 is 11.4 Å². The van der Waals surface area contributed by atoms with Gasteiger partial charge < -0.3 is 4.98 Å². The van der Waals surface area contributed by atoms with Gasteiger partial charge in [0.15, 0.2) is 5.65 Å². The Bertz CT molecular complexity index is 1070. The molecule has 1 N–H and O–H groups in total. The third-order valence-corrected chi connectivity index (χ3v) is 3.39. The van der Waals surface area contributed by atoms with E-state index in [1.807, 2.05) is 36.4 Å². The van der Waals surface area contributed by atoms with Gasteiger partial charge in [-0.2, -0.15) is 9.08 Å². The molecule has 0 fully saturated rings. The molecule has 0 saturated carbocycles. The summed E-state index contributed by atoms with van der Waals surface area (Å²) in [6.45, 7) is 0. The maximum absolute atomic E-state index is 12.4. The molecule has 0 amide bonds. The number of H-pyrrole nitrogens is 1. The van der Waals surface area contributed by atoms with Crippen molar-refractivity contribution in [1.29, 1.82) is 0 Å². The monoisotopic (exact) mass is 278 g/mol. The highest BCUT2D eigenvalue weighted by Gasteiger charge is 2.14. The molecule has 0 aliphatic rings. The Morgan fingerprint density at radius 3 is 2.43 bits per heavy atom. The van der Waals surface area contributed by atoms with Crippen LogP contribution in [0.3, 0.4) is 0 Å². The molecule has 4 aromatic rings. The van der Waals surface area contributed by atoms with Crippen LogP contribution in [0.15, 0.2) is 64.2 Å². The Balaban J connectivity index is 2.21. The Morgan fingerprint density at radius 1 is 0.905 bits per heavy atom. The number of hydrogen-bond donors (Lipinski definition) is 1. The summed E-state index contributed by atoms with van der Waals surface area (Å²) in [5.74, 6) is 0. The molecule has 4 rings (SSSR count). The summed E-state index contributed by atoms with van der Waals surface area (Å²) in [7, 11) is 0. The minimum atomic E-state index is -0.490. The lowest BCUT2D eigenvalue weighted by atomic mass is 10.2. The first-order valence-corrected chi connectivity index (χ1v) is 6.44. The average molecular weight is 278 g/mol. The minimum Gasteiger partial charge on any atom is -0.306 e. The maximum atomic E-state index is 12.4. The lowest BCUT2D eigenvalue weighted by molar-refractivity contribution is 0.828. The van der Waals surface area contributed by atoms with Crippen LogP contribution in [0.2, 0.25) is 0 Å². The van der Waals surface area contributed by atoms with Crippen LogP contribution in [0.5, 0.6) is 0 Å². The van der Waals surface area contributed by atoms with E-state index in [9.17, 15) is 9.59 Å². The first-order chi connectivity index (χ1) is 10.3. The number of rotatable bonds is 1. The summed E-state index contributed by atoms with van der Waals surface area (Å²) in [6, 6.07) is 16.3. The van der Waals surface area contributed by atoms with Crippen molar-refractivity contribution in [3.8, 4) is 5.69 Å². The molecule has 0 bridgehead atoms. The van der Waals surface area contributed by atoms with Crippen LogP contribution in [-0.4, -0.2) is 19.2 Å². The van der Waals surface area contributed by atoms with Crippen molar-refractivity contribution in [1.82, 2.24) is 19.2 Å². The molecular weight excluding hydrogens is 268 g/mol. The molecule has 2 aromatic carbocycles. The van der Waals surface area contributed by atoms with Crippen LogP contribution in [-0.2, 0) is 0 Å². The van der Waals surface area contributed by atoms with Gasteiger partial charge in [-0.05, 0) is 24.3 Å². The molecule has 6 heteroatoms. The zero-order valence-corrected chi connectivity index (χ0v) is 10.9. The van der Waals surface area contributed by atoms with Gasteiger partial charge in [0, 0.05) is 5.39 Å². The second kappa shape index (κ2) is 4.17. The van der Waals surface area contributed by atoms with E-state index in [-0.39, 0.29) is 0 Å². The molecule has 0 atom stereocenters. The van der Waals surface area contributed by atoms with E-state index < -0.39 is 11.4 Å². The zero-order chi connectivity index (χ0) is 14.4. The van der Waals surface area contributed by atoms with Gasteiger partial charge in [-0.15, -0.1) is 5.10 Å². The van der Waals surface area contributed by atoms with Gasteiger partial charge in [-0.1, -0.05) is 30.3 Å². The summed E-state index contributed by atoms with van der Waals surface area (Å²) in [4.78, 5) is 27.2. The summed E-state index contributed by atoms with van der Waals surface area (Å²) in [6.07, 6.45) is 0. The number of aromatic nitrogens is 4. The number of fused-ring (bicyclic) bond motifs is 3. The Kier molecular flexibility index (Phi) is 2.32. The first kappa shape index (κ1) is 11.7. The number of nitrogens with zero attached hydrogens (tertiary/aromatic N) is 3. The van der Waals surface area contributed by atoms with Gasteiger partial charge in [0.05, 0.1) is 11.2 Å². The van der Waals surface area contributed by atoms with Gasteiger partial charge in [0.1, 0.15) is 0 Å². The summed E-state index contributed by atoms with van der Waals surface area (Å²) < 4.78 is 2.28. The molecule has 102 valence electrons. The Hall–Kier alpha value is -3.15. The van der Waals surface area contributed by atoms with Crippen molar-refractivity contribution in [2.45, 2.75) is 0 Å². The second-order valence-electron chi connectivity index (χ2n) is 4.66. The normalized spacial score (nSPS) is 11.2. The molecule has 2 aromatic heterocycles. The summed E-state index contributed by atoms with van der Waals surface area (Å²) in [5.41, 5.74) is 0.650. The van der Waals surface area contributed by atoms with Crippen molar-refractivity contribution in [3.05, 3.63) is 75.6 Å². The van der Waals surface area contributed by atoms with Crippen molar-refractivity contribution in [2.75, 3.05) is 0 Å². The van der Waals surface area contributed by atoms with E-state index in [0.717, 1.165) is 9.79 Å². The average Bonchev–Trinajstić information content (AvgIpc) is 2.87. The molecule has 0 aliphatic heterocycles. The predicted octanol–water partition coefficient (Wildman–Crippen LogP) is 1.33. The van der Waals surface area contributed by atoms with E-state index in [4.69, 9.17) is 0 Å². The maximum Gasteiger partial charge on any atom is 0.359 e. The minimum absolute atomic E-state index is 0.350. The molecule has 0 spiro atoms. The molecule has 0 radical (unpaired) electrons. The molecule has 0 aliphatic carbocycles. The molecule has 6 nitrogen and oxygen atoms in total. The number of nitrogens with one attached hydrogen (secondary N) is 1. The topological polar surface area (TPSA) is 72.2 Å². The van der Waals surface area contributed by atoms with E-state index in [1.165, 1.54) is 4.68 Å².